The summed E-state index contributed by atoms with van der Waals surface area (Å²) in [7, 11) is -3.77. The van der Waals surface area contributed by atoms with Crippen LogP contribution in [0.2, 0.25) is 5.15 Å². The number of pyridine rings is 1. The Hall–Kier alpha value is -1.79. The maximum absolute atomic E-state index is 12.4. The van der Waals surface area contributed by atoms with E-state index < -0.39 is 10.0 Å². The van der Waals surface area contributed by atoms with Crippen LogP contribution in [0.1, 0.15) is 11.1 Å². The number of aryl methyl sites for hydroxylation is 1. The van der Waals surface area contributed by atoms with Crippen LogP contribution in [0, 0.1) is 13.8 Å². The molecule has 0 saturated heterocycles. The maximum atomic E-state index is 12.4. The SMILES string of the molecule is Cc1ccnc(Cl)c1NS(=O)(=O)c1cccc(N)c1C. The molecule has 0 saturated carbocycles. The summed E-state index contributed by atoms with van der Waals surface area (Å²) in [6.45, 7) is 3.40. The summed E-state index contributed by atoms with van der Waals surface area (Å²) in [6.07, 6.45) is 1.52. The predicted molar refractivity (Wildman–Crippen MR) is 80.4 cm³/mol. The molecule has 0 aliphatic heterocycles. The van der Waals surface area contributed by atoms with Gasteiger partial charge in [-0.15, -0.1) is 0 Å². The fourth-order valence-corrected chi connectivity index (χ4v) is 3.48. The zero-order valence-corrected chi connectivity index (χ0v) is 12.6. The number of sulfonamides is 1. The van der Waals surface area contributed by atoms with E-state index in [0.29, 0.717) is 16.8 Å². The molecular weight excluding hydrogens is 298 g/mol. The summed E-state index contributed by atoms with van der Waals surface area (Å²) in [4.78, 5) is 3.99. The van der Waals surface area contributed by atoms with E-state index in [2.05, 4.69) is 9.71 Å². The molecule has 0 fully saturated rings. The first-order valence-electron chi connectivity index (χ1n) is 5.82. The van der Waals surface area contributed by atoms with Gasteiger partial charge in [0.1, 0.15) is 0 Å². The number of anilines is 2. The van der Waals surface area contributed by atoms with Crippen molar-refractivity contribution < 1.29 is 8.42 Å². The molecule has 0 amide bonds. The lowest BCUT2D eigenvalue weighted by atomic mass is 10.2. The van der Waals surface area contributed by atoms with Gasteiger partial charge in [0.05, 0.1) is 10.6 Å². The molecule has 1 aromatic heterocycles. The number of nitrogens with two attached hydrogens (primary N) is 1. The molecule has 5 nitrogen and oxygen atoms in total. The third-order valence-corrected chi connectivity index (χ3v) is 4.75. The van der Waals surface area contributed by atoms with Crippen molar-refractivity contribution in [2.75, 3.05) is 10.5 Å². The average Bonchev–Trinajstić information content (AvgIpc) is 2.37. The number of rotatable bonds is 3. The quantitative estimate of drug-likeness (QED) is 0.674. The molecule has 0 aliphatic rings. The van der Waals surface area contributed by atoms with Crippen molar-refractivity contribution in [2.45, 2.75) is 18.7 Å². The van der Waals surface area contributed by atoms with Crippen LogP contribution in [0.5, 0.6) is 0 Å². The monoisotopic (exact) mass is 311 g/mol. The Balaban J connectivity index is 2.50. The largest absolute Gasteiger partial charge is 0.398 e. The number of benzene rings is 1. The number of nitrogen functional groups attached to an aromatic ring is 1. The first-order chi connectivity index (χ1) is 9.33. The van der Waals surface area contributed by atoms with Crippen molar-refractivity contribution in [1.82, 2.24) is 4.98 Å². The van der Waals surface area contributed by atoms with Gasteiger partial charge in [0, 0.05) is 11.9 Å². The van der Waals surface area contributed by atoms with E-state index in [1.807, 2.05) is 0 Å². The number of halogens is 1. The van der Waals surface area contributed by atoms with Gasteiger partial charge in [-0.1, -0.05) is 17.7 Å². The fourth-order valence-electron chi connectivity index (χ4n) is 1.76. The van der Waals surface area contributed by atoms with Gasteiger partial charge in [-0.05, 0) is 43.2 Å². The second-order valence-corrected chi connectivity index (χ2v) is 6.38. The smallest absolute Gasteiger partial charge is 0.262 e. The molecule has 0 aliphatic carbocycles. The molecule has 2 aromatic rings. The van der Waals surface area contributed by atoms with Gasteiger partial charge in [0.25, 0.3) is 10.0 Å². The molecule has 7 heteroatoms. The highest BCUT2D eigenvalue weighted by molar-refractivity contribution is 7.92. The lowest BCUT2D eigenvalue weighted by Crippen LogP contribution is -2.16. The molecule has 3 N–H and O–H groups in total. The summed E-state index contributed by atoms with van der Waals surface area (Å²) in [5.74, 6) is 0. The summed E-state index contributed by atoms with van der Waals surface area (Å²) in [5.41, 5.74) is 7.62. The molecule has 106 valence electrons. The number of nitrogens with zero attached hydrogens (tertiary/aromatic N) is 1. The standard InChI is InChI=1S/C13H14ClN3O2S/c1-8-6-7-16-13(14)12(8)17-20(18,19)11-5-3-4-10(15)9(11)2/h3-7,17H,15H2,1-2H3. The lowest BCUT2D eigenvalue weighted by Gasteiger charge is -2.13. The van der Waals surface area contributed by atoms with E-state index in [1.54, 1.807) is 32.0 Å². The molecule has 20 heavy (non-hydrogen) atoms. The van der Waals surface area contributed by atoms with E-state index in [0.717, 1.165) is 0 Å². The third-order valence-electron chi connectivity index (χ3n) is 2.96. The van der Waals surface area contributed by atoms with Crippen molar-refractivity contribution in [3.05, 3.63) is 46.7 Å². The normalized spacial score (nSPS) is 11.3. The minimum atomic E-state index is -3.77. The highest BCUT2D eigenvalue weighted by Gasteiger charge is 2.20. The molecule has 1 heterocycles. The number of nitrogens with one attached hydrogen (secondary N) is 1. The Bertz CT molecular complexity index is 740. The van der Waals surface area contributed by atoms with Gasteiger partial charge < -0.3 is 5.73 Å². The predicted octanol–water partition coefficient (Wildman–Crippen LogP) is 2.73. The second kappa shape index (κ2) is 5.30. The summed E-state index contributed by atoms with van der Waals surface area (Å²) in [6, 6.07) is 6.41. The molecule has 0 spiro atoms. The fraction of sp³-hybridized carbons (Fsp3) is 0.154. The Morgan fingerprint density at radius 3 is 2.60 bits per heavy atom. The first-order valence-corrected chi connectivity index (χ1v) is 7.68. The van der Waals surface area contributed by atoms with E-state index in [1.165, 1.54) is 12.3 Å². The first kappa shape index (κ1) is 14.6. The van der Waals surface area contributed by atoms with Crippen LogP contribution in [0.25, 0.3) is 0 Å². The minimum absolute atomic E-state index is 0.107. The van der Waals surface area contributed by atoms with Crippen LogP contribution in [0.4, 0.5) is 11.4 Å². The van der Waals surface area contributed by atoms with Gasteiger partial charge in [0.2, 0.25) is 0 Å². The maximum Gasteiger partial charge on any atom is 0.262 e. The van der Waals surface area contributed by atoms with Crippen LogP contribution in [0.3, 0.4) is 0 Å². The van der Waals surface area contributed by atoms with Crippen molar-refractivity contribution in [2.24, 2.45) is 0 Å². The second-order valence-electron chi connectivity index (χ2n) is 4.37. The van der Waals surface area contributed by atoms with Gasteiger partial charge in [-0.2, -0.15) is 0 Å². The molecule has 2 rings (SSSR count). The summed E-state index contributed by atoms with van der Waals surface area (Å²) < 4.78 is 27.3. The Kier molecular flexibility index (Phi) is 3.87. The average molecular weight is 312 g/mol. The van der Waals surface area contributed by atoms with Crippen LogP contribution in [0.15, 0.2) is 35.4 Å². The van der Waals surface area contributed by atoms with Gasteiger partial charge in [0.15, 0.2) is 5.15 Å². The molecule has 0 atom stereocenters. The Labute approximate surface area is 122 Å². The van der Waals surface area contributed by atoms with Crippen molar-refractivity contribution in [3.63, 3.8) is 0 Å². The van der Waals surface area contributed by atoms with E-state index in [4.69, 9.17) is 17.3 Å². The molecule has 0 unspecified atom stereocenters. The van der Waals surface area contributed by atoms with Crippen LogP contribution >= 0.6 is 11.6 Å². The molecular formula is C13H14ClN3O2S. The summed E-state index contributed by atoms with van der Waals surface area (Å²) >= 11 is 5.93. The lowest BCUT2D eigenvalue weighted by molar-refractivity contribution is 0.600. The number of aromatic nitrogens is 1. The Morgan fingerprint density at radius 2 is 1.95 bits per heavy atom. The van der Waals surface area contributed by atoms with Crippen molar-refractivity contribution in [3.8, 4) is 0 Å². The molecule has 0 bridgehead atoms. The van der Waals surface area contributed by atoms with Gasteiger partial charge in [-0.3, -0.25) is 4.72 Å². The van der Waals surface area contributed by atoms with Crippen molar-refractivity contribution in [1.29, 1.82) is 0 Å². The van der Waals surface area contributed by atoms with E-state index >= 15 is 0 Å². The van der Waals surface area contributed by atoms with Gasteiger partial charge >= 0.3 is 0 Å². The molecule has 0 radical (unpaired) electrons. The zero-order chi connectivity index (χ0) is 14.9. The number of hydrogen-bond acceptors (Lipinski definition) is 4. The van der Waals surface area contributed by atoms with Crippen LogP contribution in [-0.2, 0) is 10.0 Å². The van der Waals surface area contributed by atoms with Crippen LogP contribution < -0.4 is 10.5 Å². The third kappa shape index (κ3) is 2.71. The minimum Gasteiger partial charge on any atom is -0.398 e. The Morgan fingerprint density at radius 1 is 1.25 bits per heavy atom. The number of hydrogen-bond donors (Lipinski definition) is 2. The summed E-state index contributed by atoms with van der Waals surface area (Å²) in [5, 5.41) is 0.107. The molecule has 1 aromatic carbocycles. The zero-order valence-electron chi connectivity index (χ0n) is 11.0. The highest BCUT2D eigenvalue weighted by atomic mass is 35.5. The topological polar surface area (TPSA) is 85.1 Å². The van der Waals surface area contributed by atoms with Crippen LogP contribution in [-0.4, -0.2) is 13.4 Å². The van der Waals surface area contributed by atoms with Gasteiger partial charge in [-0.25, -0.2) is 13.4 Å². The van der Waals surface area contributed by atoms with E-state index in [-0.39, 0.29) is 15.7 Å². The van der Waals surface area contributed by atoms with Crippen molar-refractivity contribution >= 4 is 33.0 Å². The highest BCUT2D eigenvalue weighted by Crippen LogP contribution is 2.28. The van der Waals surface area contributed by atoms with E-state index in [9.17, 15) is 8.42 Å².